The van der Waals surface area contributed by atoms with Crippen molar-refractivity contribution in [1.82, 2.24) is 15.1 Å². The number of carbonyl (C=O) groups excluding carboxylic acids is 2. The highest BCUT2D eigenvalue weighted by molar-refractivity contribution is 5.97. The highest BCUT2D eigenvalue weighted by Gasteiger charge is 2.26. The zero-order chi connectivity index (χ0) is 23.5. The monoisotopic (exact) mass is 454 g/mol. The van der Waals surface area contributed by atoms with Crippen molar-refractivity contribution in [2.75, 3.05) is 25.5 Å². The van der Waals surface area contributed by atoms with Gasteiger partial charge in [-0.3, -0.25) is 14.7 Å². The van der Waals surface area contributed by atoms with Crippen LogP contribution in [-0.4, -0.2) is 47.1 Å². The predicted molar refractivity (Wildman–Crippen MR) is 122 cm³/mol. The second-order valence-corrected chi connectivity index (χ2v) is 7.98. The first-order chi connectivity index (χ1) is 15.9. The van der Waals surface area contributed by atoms with E-state index in [2.05, 4.69) is 15.5 Å². The number of rotatable bonds is 5. The Morgan fingerprint density at radius 1 is 1.15 bits per heavy atom. The molecule has 9 heteroatoms. The fourth-order valence-corrected chi connectivity index (χ4v) is 3.93. The molecule has 7 nitrogen and oxygen atoms in total. The lowest BCUT2D eigenvalue weighted by atomic mass is 9.95. The fourth-order valence-electron chi connectivity index (χ4n) is 3.93. The molecule has 1 fully saturated rings. The number of nitrogens with zero attached hydrogens (tertiary/aromatic N) is 2. The first-order valence-corrected chi connectivity index (χ1v) is 10.6. The van der Waals surface area contributed by atoms with Crippen LogP contribution in [-0.2, 0) is 9.59 Å². The number of likely N-dealkylation sites (tertiary alicyclic amines) is 1. The molecule has 0 spiro atoms. The van der Waals surface area contributed by atoms with E-state index in [1.807, 2.05) is 0 Å². The number of amides is 2. The van der Waals surface area contributed by atoms with Crippen LogP contribution in [0.15, 0.2) is 30.3 Å². The van der Waals surface area contributed by atoms with Gasteiger partial charge < -0.3 is 15.0 Å². The van der Waals surface area contributed by atoms with Crippen LogP contribution < -0.4 is 10.1 Å². The number of hydrogen-bond acceptors (Lipinski definition) is 4. The Morgan fingerprint density at radius 2 is 1.91 bits per heavy atom. The van der Waals surface area contributed by atoms with E-state index in [9.17, 15) is 18.4 Å². The lowest BCUT2D eigenvalue weighted by Gasteiger charge is -2.30. The topological polar surface area (TPSA) is 87.3 Å². The van der Waals surface area contributed by atoms with Crippen molar-refractivity contribution in [3.8, 4) is 5.75 Å². The lowest BCUT2D eigenvalue weighted by Crippen LogP contribution is -2.40. The first-order valence-electron chi connectivity index (χ1n) is 10.6. The van der Waals surface area contributed by atoms with E-state index in [0.29, 0.717) is 48.1 Å². The van der Waals surface area contributed by atoms with Gasteiger partial charge in [-0.15, -0.1) is 0 Å². The van der Waals surface area contributed by atoms with Gasteiger partial charge >= 0.3 is 0 Å². The maximum absolute atomic E-state index is 14.6. The number of methoxy groups -OCH3 is 1. The lowest BCUT2D eigenvalue weighted by molar-refractivity contribution is -0.132. The average Bonchev–Trinajstić information content (AvgIpc) is 3.19. The average molecular weight is 454 g/mol. The van der Waals surface area contributed by atoms with Gasteiger partial charge in [-0.1, -0.05) is 12.1 Å². The number of aromatic nitrogens is 2. The van der Waals surface area contributed by atoms with E-state index in [1.165, 1.54) is 38.3 Å². The summed E-state index contributed by atoms with van der Waals surface area (Å²) in [4.78, 5) is 25.9. The van der Waals surface area contributed by atoms with Gasteiger partial charge in [-0.05, 0) is 42.7 Å². The third-order valence-corrected chi connectivity index (χ3v) is 5.86. The number of piperidine rings is 1. The summed E-state index contributed by atoms with van der Waals surface area (Å²) in [6, 6.07) is 7.39. The Balaban J connectivity index is 1.52. The number of hydrogen-bond donors (Lipinski definition) is 2. The normalized spacial score (nSPS) is 14.7. The van der Waals surface area contributed by atoms with Gasteiger partial charge in [0.05, 0.1) is 24.0 Å². The summed E-state index contributed by atoms with van der Waals surface area (Å²) in [6.45, 7) is 2.53. The fraction of sp³-hybridized carbons (Fsp3) is 0.292. The van der Waals surface area contributed by atoms with Gasteiger partial charge in [-0.2, -0.15) is 5.10 Å². The van der Waals surface area contributed by atoms with Gasteiger partial charge in [0, 0.05) is 37.4 Å². The third kappa shape index (κ3) is 4.87. The first kappa shape index (κ1) is 22.4. The number of ether oxygens (including phenoxy) is 1. The SMILES string of the molecule is COc1ccc(C=Cc2n[nH]c3cc(F)c(NC(=O)C4CCN(C(C)=O)CC4)cc23)cc1F. The summed E-state index contributed by atoms with van der Waals surface area (Å²) in [5, 5.41) is 10.3. The minimum Gasteiger partial charge on any atom is -0.494 e. The van der Waals surface area contributed by atoms with Crippen LogP contribution in [0.2, 0.25) is 0 Å². The van der Waals surface area contributed by atoms with Crippen LogP contribution >= 0.6 is 0 Å². The van der Waals surface area contributed by atoms with Gasteiger partial charge in [0.1, 0.15) is 5.82 Å². The van der Waals surface area contributed by atoms with Crippen LogP contribution in [0.25, 0.3) is 23.1 Å². The molecule has 2 amide bonds. The number of nitrogens with one attached hydrogen (secondary N) is 2. The van der Waals surface area contributed by atoms with Crippen molar-refractivity contribution in [3.63, 3.8) is 0 Å². The molecule has 1 aromatic heterocycles. The number of anilines is 1. The zero-order valence-electron chi connectivity index (χ0n) is 18.3. The summed E-state index contributed by atoms with van der Waals surface area (Å²) in [7, 11) is 1.40. The van der Waals surface area contributed by atoms with Crippen LogP contribution in [0, 0.1) is 17.6 Å². The molecular weight excluding hydrogens is 430 g/mol. The minimum atomic E-state index is -0.576. The molecule has 3 aromatic rings. The van der Waals surface area contributed by atoms with E-state index in [4.69, 9.17) is 4.74 Å². The Bertz CT molecular complexity index is 1230. The van der Waals surface area contributed by atoms with Crippen LogP contribution in [0.4, 0.5) is 14.5 Å². The molecule has 0 unspecified atom stereocenters. The highest BCUT2D eigenvalue weighted by Crippen LogP contribution is 2.27. The van der Waals surface area contributed by atoms with Crippen molar-refractivity contribution in [1.29, 1.82) is 0 Å². The number of H-pyrrole nitrogens is 1. The molecule has 2 N–H and O–H groups in total. The van der Waals surface area contributed by atoms with E-state index >= 15 is 0 Å². The smallest absolute Gasteiger partial charge is 0.227 e. The van der Waals surface area contributed by atoms with E-state index in [-0.39, 0.29) is 29.2 Å². The summed E-state index contributed by atoms with van der Waals surface area (Å²) < 4.78 is 33.4. The molecular formula is C24H24F2N4O3. The summed E-state index contributed by atoms with van der Waals surface area (Å²) in [6.07, 6.45) is 4.43. The molecule has 0 aliphatic carbocycles. The predicted octanol–water partition coefficient (Wildman–Crippen LogP) is 4.22. The van der Waals surface area contributed by atoms with Gasteiger partial charge in [-0.25, -0.2) is 8.78 Å². The number of carbonyl (C=O) groups is 2. The van der Waals surface area contributed by atoms with Crippen molar-refractivity contribution in [2.45, 2.75) is 19.8 Å². The molecule has 1 saturated heterocycles. The van der Waals surface area contributed by atoms with E-state index in [0.717, 1.165) is 0 Å². The summed E-state index contributed by atoms with van der Waals surface area (Å²) >= 11 is 0. The number of aromatic amines is 1. The number of benzene rings is 2. The Labute approximate surface area is 189 Å². The van der Waals surface area contributed by atoms with Crippen LogP contribution in [0.5, 0.6) is 5.75 Å². The second kappa shape index (κ2) is 9.40. The molecule has 2 aromatic carbocycles. The second-order valence-electron chi connectivity index (χ2n) is 7.98. The highest BCUT2D eigenvalue weighted by atomic mass is 19.1. The van der Waals surface area contributed by atoms with E-state index < -0.39 is 11.6 Å². The molecule has 4 rings (SSSR count). The zero-order valence-corrected chi connectivity index (χ0v) is 18.3. The van der Waals surface area contributed by atoms with Crippen molar-refractivity contribution < 1.29 is 23.1 Å². The summed E-state index contributed by atoms with van der Waals surface area (Å²) in [5.41, 5.74) is 1.66. The van der Waals surface area contributed by atoms with Gasteiger partial charge in [0.15, 0.2) is 11.6 Å². The molecule has 0 saturated carbocycles. The van der Waals surface area contributed by atoms with Crippen molar-refractivity contribution in [2.24, 2.45) is 5.92 Å². The minimum absolute atomic E-state index is 0.0109. The summed E-state index contributed by atoms with van der Waals surface area (Å²) in [5.74, 6) is -1.47. The molecule has 33 heavy (non-hydrogen) atoms. The van der Waals surface area contributed by atoms with Crippen molar-refractivity contribution in [3.05, 3.63) is 53.2 Å². The maximum atomic E-state index is 14.6. The van der Waals surface area contributed by atoms with E-state index in [1.54, 1.807) is 23.1 Å². The van der Waals surface area contributed by atoms with Crippen molar-refractivity contribution >= 4 is 40.6 Å². The van der Waals surface area contributed by atoms with Gasteiger partial charge in [0.2, 0.25) is 11.8 Å². The third-order valence-electron chi connectivity index (χ3n) is 5.86. The molecule has 0 bridgehead atoms. The molecule has 0 atom stereocenters. The Kier molecular flexibility index (Phi) is 6.39. The Hall–Kier alpha value is -3.75. The van der Waals surface area contributed by atoms with Crippen LogP contribution in [0.1, 0.15) is 31.0 Å². The molecule has 0 radical (unpaired) electrons. The molecule has 2 heterocycles. The number of halogens is 2. The molecule has 172 valence electrons. The molecule has 1 aliphatic heterocycles. The quantitative estimate of drug-likeness (QED) is 0.605. The van der Waals surface area contributed by atoms with Gasteiger partial charge in [0.25, 0.3) is 0 Å². The number of fused-ring (bicyclic) bond motifs is 1. The Morgan fingerprint density at radius 3 is 2.58 bits per heavy atom. The molecule has 1 aliphatic rings. The largest absolute Gasteiger partial charge is 0.494 e. The van der Waals surface area contributed by atoms with Crippen LogP contribution in [0.3, 0.4) is 0 Å². The maximum Gasteiger partial charge on any atom is 0.227 e. The standard InChI is InChI=1S/C24H24F2N4O3/c1-14(31)30-9-7-16(8-10-30)24(32)27-22-12-17-20(28-29-21(17)13-18(22)25)5-3-15-4-6-23(33-2)19(26)11-15/h3-6,11-13,16H,7-10H2,1-2H3,(H,27,32)(H,28,29).